The van der Waals surface area contributed by atoms with E-state index < -0.39 is 11.6 Å². The van der Waals surface area contributed by atoms with Gasteiger partial charge in [-0.25, -0.2) is 13.8 Å². The SMILES string of the molecule is Nc1csc(NN=Cc2ccc(COc3c(F)cccc3F)cc2)n1. The first-order valence-electron chi connectivity index (χ1n) is 7.27. The van der Waals surface area contributed by atoms with E-state index in [0.29, 0.717) is 10.9 Å². The molecule has 5 nitrogen and oxygen atoms in total. The van der Waals surface area contributed by atoms with E-state index in [2.05, 4.69) is 15.5 Å². The predicted molar refractivity (Wildman–Crippen MR) is 94.9 cm³/mol. The van der Waals surface area contributed by atoms with Gasteiger partial charge in [-0.05, 0) is 23.3 Å². The Hall–Kier alpha value is -3.00. The lowest BCUT2D eigenvalue weighted by atomic mass is 10.1. The van der Waals surface area contributed by atoms with E-state index in [9.17, 15) is 8.78 Å². The van der Waals surface area contributed by atoms with Crippen LogP contribution in [0.3, 0.4) is 0 Å². The van der Waals surface area contributed by atoms with Crippen LogP contribution in [0.15, 0.2) is 52.9 Å². The van der Waals surface area contributed by atoms with E-state index in [4.69, 9.17) is 10.5 Å². The lowest BCUT2D eigenvalue weighted by Crippen LogP contribution is -2.00. The van der Waals surface area contributed by atoms with Crippen LogP contribution in [0.25, 0.3) is 0 Å². The van der Waals surface area contributed by atoms with Gasteiger partial charge in [0.1, 0.15) is 12.4 Å². The molecule has 0 fully saturated rings. The summed E-state index contributed by atoms with van der Waals surface area (Å²) in [6.07, 6.45) is 1.62. The lowest BCUT2D eigenvalue weighted by molar-refractivity contribution is 0.274. The first-order valence-corrected chi connectivity index (χ1v) is 8.15. The maximum absolute atomic E-state index is 13.5. The number of benzene rings is 2. The van der Waals surface area contributed by atoms with Gasteiger partial charge < -0.3 is 10.5 Å². The van der Waals surface area contributed by atoms with Crippen LogP contribution >= 0.6 is 11.3 Å². The molecule has 8 heteroatoms. The minimum atomic E-state index is -0.724. The average molecular weight is 360 g/mol. The number of thiazole rings is 1. The average Bonchev–Trinajstić information content (AvgIpc) is 3.01. The van der Waals surface area contributed by atoms with Crippen LogP contribution in [0, 0.1) is 11.6 Å². The van der Waals surface area contributed by atoms with Gasteiger partial charge in [0, 0.05) is 5.38 Å². The number of hydrogen-bond acceptors (Lipinski definition) is 6. The summed E-state index contributed by atoms with van der Waals surface area (Å²) in [6.45, 7) is 0.0614. The second kappa shape index (κ2) is 7.71. The number of rotatable bonds is 6. The Balaban J connectivity index is 1.57. The minimum Gasteiger partial charge on any atom is -0.483 e. The lowest BCUT2D eigenvalue weighted by Gasteiger charge is -2.08. The molecule has 3 N–H and O–H groups in total. The van der Waals surface area contributed by atoms with Crippen LogP contribution in [0.5, 0.6) is 5.75 Å². The highest BCUT2D eigenvalue weighted by Gasteiger charge is 2.09. The molecule has 2 aromatic carbocycles. The van der Waals surface area contributed by atoms with Gasteiger partial charge in [-0.2, -0.15) is 5.10 Å². The summed E-state index contributed by atoms with van der Waals surface area (Å²) in [5.41, 5.74) is 9.92. The van der Waals surface area contributed by atoms with Gasteiger partial charge in [0.2, 0.25) is 5.13 Å². The second-order valence-corrected chi connectivity index (χ2v) is 5.89. The maximum Gasteiger partial charge on any atom is 0.205 e. The van der Waals surface area contributed by atoms with Crippen molar-refractivity contribution in [3.8, 4) is 5.75 Å². The first kappa shape index (κ1) is 16.8. The monoisotopic (exact) mass is 360 g/mol. The molecule has 0 atom stereocenters. The molecule has 25 heavy (non-hydrogen) atoms. The number of nitrogens with two attached hydrogens (primary N) is 1. The molecule has 0 bridgehead atoms. The van der Waals surface area contributed by atoms with Crippen LogP contribution in [0.1, 0.15) is 11.1 Å². The highest BCUT2D eigenvalue weighted by Crippen LogP contribution is 2.22. The number of ether oxygens (including phenoxy) is 1. The molecule has 0 spiro atoms. The number of nitrogens with one attached hydrogen (secondary N) is 1. The molecule has 0 aliphatic rings. The minimum absolute atomic E-state index is 0.0614. The van der Waals surface area contributed by atoms with Gasteiger partial charge in [-0.3, -0.25) is 5.43 Å². The van der Waals surface area contributed by atoms with Gasteiger partial charge in [0.15, 0.2) is 17.4 Å². The van der Waals surface area contributed by atoms with Crippen LogP contribution in [0.2, 0.25) is 0 Å². The number of aromatic nitrogens is 1. The molecule has 0 radical (unpaired) electrons. The molecule has 1 heterocycles. The Bertz CT molecular complexity index is 860. The Morgan fingerprint density at radius 2 is 1.88 bits per heavy atom. The molecule has 0 aliphatic heterocycles. The number of halogens is 2. The van der Waals surface area contributed by atoms with E-state index >= 15 is 0 Å². The molecule has 1 aromatic heterocycles. The molecule has 0 saturated heterocycles. The Morgan fingerprint density at radius 3 is 2.52 bits per heavy atom. The van der Waals surface area contributed by atoms with Crippen molar-refractivity contribution in [2.45, 2.75) is 6.61 Å². The zero-order valence-electron chi connectivity index (χ0n) is 12.9. The zero-order chi connectivity index (χ0) is 17.6. The predicted octanol–water partition coefficient (Wildman–Crippen LogP) is 4.03. The second-order valence-electron chi connectivity index (χ2n) is 5.03. The smallest absolute Gasteiger partial charge is 0.205 e. The molecular formula is C17H14F2N4OS. The fourth-order valence-electron chi connectivity index (χ4n) is 1.98. The molecule has 128 valence electrons. The molecule has 0 unspecified atom stereocenters. The number of anilines is 2. The quantitative estimate of drug-likeness (QED) is 0.514. The largest absolute Gasteiger partial charge is 0.483 e. The van der Waals surface area contributed by atoms with Crippen molar-refractivity contribution in [2.24, 2.45) is 5.10 Å². The van der Waals surface area contributed by atoms with E-state index in [0.717, 1.165) is 23.3 Å². The van der Waals surface area contributed by atoms with Gasteiger partial charge in [-0.15, -0.1) is 11.3 Å². The highest BCUT2D eigenvalue weighted by molar-refractivity contribution is 7.14. The summed E-state index contributed by atoms with van der Waals surface area (Å²) in [6, 6.07) is 10.8. The molecule has 3 rings (SSSR count). The number of nitrogen functional groups attached to an aromatic ring is 1. The van der Waals surface area contributed by atoms with Crippen LogP contribution in [-0.4, -0.2) is 11.2 Å². The number of para-hydroxylation sites is 1. The van der Waals surface area contributed by atoms with Crippen molar-refractivity contribution < 1.29 is 13.5 Å². The van der Waals surface area contributed by atoms with Crippen molar-refractivity contribution in [2.75, 3.05) is 11.2 Å². The summed E-state index contributed by atoms with van der Waals surface area (Å²) >= 11 is 1.36. The number of nitrogens with zero attached hydrogens (tertiary/aromatic N) is 2. The van der Waals surface area contributed by atoms with Gasteiger partial charge >= 0.3 is 0 Å². The van der Waals surface area contributed by atoms with E-state index in [1.807, 2.05) is 12.1 Å². The third-order valence-electron chi connectivity index (χ3n) is 3.18. The summed E-state index contributed by atoms with van der Waals surface area (Å²) in [4.78, 5) is 4.02. The van der Waals surface area contributed by atoms with Gasteiger partial charge in [0.05, 0.1) is 6.21 Å². The zero-order valence-corrected chi connectivity index (χ0v) is 13.8. The third-order valence-corrected chi connectivity index (χ3v) is 3.94. The Labute approximate surface area is 146 Å². The number of hydrazone groups is 1. The van der Waals surface area contributed by atoms with Crippen LogP contribution in [-0.2, 0) is 6.61 Å². The van der Waals surface area contributed by atoms with Crippen molar-refractivity contribution in [1.29, 1.82) is 0 Å². The summed E-state index contributed by atoms with van der Waals surface area (Å²) < 4.78 is 32.2. The normalized spacial score (nSPS) is 11.0. The van der Waals surface area contributed by atoms with E-state index in [-0.39, 0.29) is 12.4 Å². The highest BCUT2D eigenvalue weighted by atomic mass is 32.1. The first-order chi connectivity index (χ1) is 12.1. The number of hydrogen-bond donors (Lipinski definition) is 2. The fourth-order valence-corrected chi connectivity index (χ4v) is 2.52. The Morgan fingerprint density at radius 1 is 1.16 bits per heavy atom. The summed E-state index contributed by atoms with van der Waals surface area (Å²) in [7, 11) is 0. The van der Waals surface area contributed by atoms with Gasteiger partial charge in [0.25, 0.3) is 0 Å². The summed E-state index contributed by atoms with van der Waals surface area (Å²) in [5, 5.41) is 6.37. The third kappa shape index (κ3) is 4.51. The van der Waals surface area contributed by atoms with E-state index in [1.54, 1.807) is 23.7 Å². The maximum atomic E-state index is 13.5. The Kier molecular flexibility index (Phi) is 5.20. The summed E-state index contributed by atoms with van der Waals surface area (Å²) in [5.74, 6) is -1.38. The molecule has 0 aliphatic carbocycles. The van der Waals surface area contributed by atoms with Crippen molar-refractivity contribution in [3.05, 3.63) is 70.6 Å². The van der Waals surface area contributed by atoms with Crippen LogP contribution < -0.4 is 15.9 Å². The van der Waals surface area contributed by atoms with Crippen molar-refractivity contribution in [3.63, 3.8) is 0 Å². The standard InChI is InChI=1S/C17H14F2N4OS/c18-13-2-1-3-14(19)16(13)24-9-12-6-4-11(5-7-12)8-21-23-17-22-15(20)10-25-17/h1-8,10H,9,20H2,(H,22,23). The molecule has 0 amide bonds. The topological polar surface area (TPSA) is 72.5 Å². The van der Waals surface area contributed by atoms with Crippen molar-refractivity contribution >= 4 is 28.5 Å². The van der Waals surface area contributed by atoms with Crippen LogP contribution in [0.4, 0.5) is 19.7 Å². The van der Waals surface area contributed by atoms with Crippen molar-refractivity contribution in [1.82, 2.24) is 4.98 Å². The molecule has 3 aromatic rings. The van der Waals surface area contributed by atoms with Gasteiger partial charge in [-0.1, -0.05) is 30.3 Å². The fraction of sp³-hybridized carbons (Fsp3) is 0.0588. The molecular weight excluding hydrogens is 346 g/mol. The van der Waals surface area contributed by atoms with E-state index in [1.165, 1.54) is 17.4 Å². The molecule has 0 saturated carbocycles.